The molecule has 0 saturated carbocycles. The number of hydrogen-bond donors (Lipinski definition) is 0. The molecule has 1 aromatic carbocycles. The molecule has 0 bridgehead atoms. The van der Waals surface area contributed by atoms with Crippen LogP contribution < -0.4 is 4.74 Å². The third kappa shape index (κ3) is 2.81. The van der Waals surface area contributed by atoms with Gasteiger partial charge in [0, 0.05) is 11.1 Å². The number of carbonyl (C=O) groups is 1. The van der Waals surface area contributed by atoms with Gasteiger partial charge in [-0.05, 0) is 64.4 Å². The van der Waals surface area contributed by atoms with Gasteiger partial charge in [-0.3, -0.25) is 9.69 Å². The zero-order valence-corrected chi connectivity index (χ0v) is 12.3. The van der Waals surface area contributed by atoms with Crippen LogP contribution in [0.3, 0.4) is 0 Å². The molecule has 1 atom stereocenters. The standard InChI is InChI=1S/C16H23NO2/c1-12(17-11-5-10-16(17,2)3)15(18)13-6-8-14(19-4)9-7-13/h6-9,12H,5,10-11H2,1-4H3. The average molecular weight is 261 g/mol. The maximum absolute atomic E-state index is 12.5. The van der Waals surface area contributed by atoms with Crippen molar-refractivity contribution in [1.82, 2.24) is 4.90 Å². The van der Waals surface area contributed by atoms with Crippen molar-refractivity contribution in [3.05, 3.63) is 29.8 Å². The lowest BCUT2D eigenvalue weighted by atomic mass is 9.97. The zero-order chi connectivity index (χ0) is 14.0. The Bertz CT molecular complexity index is 450. The number of carbonyl (C=O) groups excluding carboxylic acids is 1. The number of benzene rings is 1. The normalized spacial score (nSPS) is 20.2. The molecule has 1 aliphatic heterocycles. The molecule has 1 fully saturated rings. The van der Waals surface area contributed by atoms with Gasteiger partial charge in [0.15, 0.2) is 5.78 Å². The van der Waals surface area contributed by atoms with Gasteiger partial charge in [-0.25, -0.2) is 0 Å². The number of ketones is 1. The number of nitrogens with zero attached hydrogens (tertiary/aromatic N) is 1. The van der Waals surface area contributed by atoms with Crippen LogP contribution in [-0.4, -0.2) is 35.9 Å². The van der Waals surface area contributed by atoms with Gasteiger partial charge in [0.25, 0.3) is 0 Å². The van der Waals surface area contributed by atoms with Crippen molar-refractivity contribution in [2.75, 3.05) is 13.7 Å². The van der Waals surface area contributed by atoms with E-state index in [0.29, 0.717) is 0 Å². The predicted octanol–water partition coefficient (Wildman–Crippen LogP) is 3.14. The molecule has 0 radical (unpaired) electrons. The molecule has 2 rings (SSSR count). The molecule has 1 aromatic rings. The Hall–Kier alpha value is -1.35. The molecule has 3 heteroatoms. The molecule has 1 unspecified atom stereocenters. The molecular formula is C16H23NO2. The van der Waals surface area contributed by atoms with Crippen LogP contribution in [0.5, 0.6) is 5.75 Å². The van der Waals surface area contributed by atoms with Crippen molar-refractivity contribution >= 4 is 5.78 Å². The van der Waals surface area contributed by atoms with Gasteiger partial charge in [-0.15, -0.1) is 0 Å². The quantitative estimate of drug-likeness (QED) is 0.780. The van der Waals surface area contributed by atoms with Gasteiger partial charge in [0.2, 0.25) is 0 Å². The van der Waals surface area contributed by atoms with Crippen LogP contribution in [0.15, 0.2) is 24.3 Å². The van der Waals surface area contributed by atoms with E-state index < -0.39 is 0 Å². The Kier molecular flexibility index (Phi) is 3.95. The zero-order valence-electron chi connectivity index (χ0n) is 12.3. The Morgan fingerprint density at radius 3 is 2.42 bits per heavy atom. The molecule has 19 heavy (non-hydrogen) atoms. The van der Waals surface area contributed by atoms with Gasteiger partial charge in [0.05, 0.1) is 13.2 Å². The first-order valence-corrected chi connectivity index (χ1v) is 6.91. The summed E-state index contributed by atoms with van der Waals surface area (Å²) in [6.07, 6.45) is 2.33. The van der Waals surface area contributed by atoms with Crippen molar-refractivity contribution in [3.63, 3.8) is 0 Å². The number of Topliss-reactive ketones (excluding diaryl/α,β-unsaturated/α-hetero) is 1. The van der Waals surface area contributed by atoms with Crippen LogP contribution in [0, 0.1) is 0 Å². The van der Waals surface area contributed by atoms with Crippen LogP contribution in [0.4, 0.5) is 0 Å². The lowest BCUT2D eigenvalue weighted by Gasteiger charge is -2.35. The second-order valence-electron chi connectivity index (χ2n) is 5.88. The molecule has 0 spiro atoms. The van der Waals surface area contributed by atoms with Gasteiger partial charge in [-0.1, -0.05) is 0 Å². The number of methoxy groups -OCH3 is 1. The summed E-state index contributed by atoms with van der Waals surface area (Å²) in [6.45, 7) is 7.46. The predicted molar refractivity (Wildman–Crippen MR) is 76.8 cm³/mol. The first-order chi connectivity index (χ1) is 8.95. The van der Waals surface area contributed by atoms with Crippen LogP contribution in [0.25, 0.3) is 0 Å². The Labute approximate surface area is 115 Å². The first kappa shape index (κ1) is 14.1. The highest BCUT2D eigenvalue weighted by Crippen LogP contribution is 2.31. The third-order valence-electron chi connectivity index (χ3n) is 4.19. The van der Waals surface area contributed by atoms with E-state index in [1.54, 1.807) is 7.11 Å². The summed E-state index contributed by atoms with van der Waals surface area (Å²) >= 11 is 0. The van der Waals surface area contributed by atoms with E-state index in [1.807, 2.05) is 31.2 Å². The fourth-order valence-electron chi connectivity index (χ4n) is 2.98. The van der Waals surface area contributed by atoms with Gasteiger partial charge < -0.3 is 4.74 Å². The molecule has 104 valence electrons. The van der Waals surface area contributed by atoms with E-state index in [2.05, 4.69) is 18.7 Å². The van der Waals surface area contributed by atoms with Crippen molar-refractivity contribution < 1.29 is 9.53 Å². The van der Waals surface area contributed by atoms with E-state index in [4.69, 9.17) is 4.74 Å². The van der Waals surface area contributed by atoms with Gasteiger partial charge >= 0.3 is 0 Å². The number of rotatable bonds is 4. The molecule has 1 saturated heterocycles. The largest absolute Gasteiger partial charge is 0.497 e. The summed E-state index contributed by atoms with van der Waals surface area (Å²) in [7, 11) is 1.63. The summed E-state index contributed by atoms with van der Waals surface area (Å²) in [6, 6.07) is 7.32. The van der Waals surface area contributed by atoms with Gasteiger partial charge in [0.1, 0.15) is 5.75 Å². The lowest BCUT2D eigenvalue weighted by molar-refractivity contribution is 0.0721. The minimum absolute atomic E-state index is 0.0640. The lowest BCUT2D eigenvalue weighted by Crippen LogP contribution is -2.47. The molecular weight excluding hydrogens is 238 g/mol. The summed E-state index contributed by atoms with van der Waals surface area (Å²) in [5.41, 5.74) is 0.887. The second-order valence-corrected chi connectivity index (χ2v) is 5.88. The van der Waals surface area contributed by atoms with Crippen LogP contribution in [-0.2, 0) is 0 Å². The van der Waals surface area contributed by atoms with Crippen LogP contribution in [0.2, 0.25) is 0 Å². The average Bonchev–Trinajstić information content (AvgIpc) is 2.77. The van der Waals surface area contributed by atoms with Gasteiger partial charge in [-0.2, -0.15) is 0 Å². The fraction of sp³-hybridized carbons (Fsp3) is 0.562. The SMILES string of the molecule is COc1ccc(C(=O)C(C)N2CCCC2(C)C)cc1. The van der Waals surface area contributed by atoms with Crippen LogP contribution in [0.1, 0.15) is 44.0 Å². The van der Waals surface area contributed by atoms with E-state index in [0.717, 1.165) is 24.3 Å². The molecule has 1 heterocycles. The maximum atomic E-state index is 12.5. The topological polar surface area (TPSA) is 29.5 Å². The van der Waals surface area contributed by atoms with Crippen LogP contribution >= 0.6 is 0 Å². The third-order valence-corrected chi connectivity index (χ3v) is 4.19. The van der Waals surface area contributed by atoms with Crippen molar-refractivity contribution in [2.45, 2.75) is 45.2 Å². The number of ether oxygens (including phenoxy) is 1. The first-order valence-electron chi connectivity index (χ1n) is 6.91. The second kappa shape index (κ2) is 5.33. The van der Waals surface area contributed by atoms with Crippen molar-refractivity contribution in [2.24, 2.45) is 0 Å². The minimum Gasteiger partial charge on any atom is -0.497 e. The highest BCUT2D eigenvalue weighted by Gasteiger charge is 2.37. The molecule has 3 nitrogen and oxygen atoms in total. The number of likely N-dealkylation sites (tertiary alicyclic amines) is 1. The monoisotopic (exact) mass is 261 g/mol. The van der Waals surface area contributed by atoms with Crippen molar-refractivity contribution in [3.8, 4) is 5.75 Å². The van der Waals surface area contributed by atoms with Crippen molar-refractivity contribution in [1.29, 1.82) is 0 Å². The Morgan fingerprint density at radius 1 is 1.32 bits per heavy atom. The molecule has 0 aliphatic carbocycles. The highest BCUT2D eigenvalue weighted by atomic mass is 16.5. The summed E-state index contributed by atoms with van der Waals surface area (Å²) in [4.78, 5) is 14.9. The summed E-state index contributed by atoms with van der Waals surface area (Å²) in [5, 5.41) is 0. The minimum atomic E-state index is -0.0640. The summed E-state index contributed by atoms with van der Waals surface area (Å²) in [5.74, 6) is 0.975. The fourth-order valence-corrected chi connectivity index (χ4v) is 2.98. The molecule has 0 aromatic heterocycles. The Balaban J connectivity index is 2.14. The van der Waals surface area contributed by atoms with E-state index in [1.165, 1.54) is 6.42 Å². The van der Waals surface area contributed by atoms with E-state index >= 15 is 0 Å². The summed E-state index contributed by atoms with van der Waals surface area (Å²) < 4.78 is 5.12. The smallest absolute Gasteiger partial charge is 0.179 e. The van der Waals surface area contributed by atoms with E-state index in [-0.39, 0.29) is 17.4 Å². The molecule has 1 aliphatic rings. The highest BCUT2D eigenvalue weighted by molar-refractivity contribution is 6.00. The van der Waals surface area contributed by atoms with E-state index in [9.17, 15) is 4.79 Å². The maximum Gasteiger partial charge on any atom is 0.179 e. The molecule has 0 N–H and O–H groups in total. The number of hydrogen-bond acceptors (Lipinski definition) is 3. The Morgan fingerprint density at radius 2 is 1.95 bits per heavy atom. The molecule has 0 amide bonds.